The molecule has 0 aliphatic heterocycles. The van der Waals surface area contributed by atoms with Gasteiger partial charge in [-0.05, 0) is 6.92 Å². The van der Waals surface area contributed by atoms with Crippen molar-refractivity contribution >= 4 is 10.1 Å². The molecule has 0 N–H and O–H groups in total. The molecule has 0 aliphatic rings. The zero-order valence-corrected chi connectivity index (χ0v) is 10.3. The highest BCUT2D eigenvalue weighted by Crippen LogP contribution is 2.21. The van der Waals surface area contributed by atoms with Crippen LogP contribution in [0, 0.1) is 23.3 Å². The van der Waals surface area contributed by atoms with E-state index in [-0.39, 0.29) is 6.07 Å². The van der Waals surface area contributed by atoms with Crippen LogP contribution in [0.1, 0.15) is 12.5 Å². The van der Waals surface area contributed by atoms with Crippen LogP contribution in [0.2, 0.25) is 0 Å². The summed E-state index contributed by atoms with van der Waals surface area (Å²) in [4.78, 5) is 0. The standard InChI is InChI=1S/C10H10F4O3S/c1-5(17-18(2,15)16)3-6-9(13)7(11)4-8(12)10(6)14/h4-5H,3H2,1-2H3/t5-/m1/s1. The largest absolute Gasteiger partial charge is 0.267 e. The molecule has 0 aliphatic carbocycles. The molecule has 1 aromatic carbocycles. The third kappa shape index (κ3) is 3.67. The molecule has 0 heterocycles. The monoisotopic (exact) mass is 286 g/mol. The fourth-order valence-electron chi connectivity index (χ4n) is 1.42. The summed E-state index contributed by atoms with van der Waals surface area (Å²) < 4.78 is 78.2. The smallest absolute Gasteiger partial charge is 0.264 e. The predicted octanol–water partition coefficient (Wildman–Crippen LogP) is 2.15. The van der Waals surface area contributed by atoms with E-state index >= 15 is 0 Å². The molecule has 8 heteroatoms. The molecule has 18 heavy (non-hydrogen) atoms. The third-order valence-electron chi connectivity index (χ3n) is 2.03. The third-order valence-corrected chi connectivity index (χ3v) is 2.71. The van der Waals surface area contributed by atoms with E-state index in [9.17, 15) is 26.0 Å². The maximum atomic E-state index is 13.2. The van der Waals surface area contributed by atoms with Gasteiger partial charge in [-0.3, -0.25) is 4.18 Å². The Balaban J connectivity index is 3.04. The van der Waals surface area contributed by atoms with Crippen molar-refractivity contribution in [3.63, 3.8) is 0 Å². The summed E-state index contributed by atoms with van der Waals surface area (Å²) in [6.45, 7) is 1.21. The summed E-state index contributed by atoms with van der Waals surface area (Å²) in [6.07, 6.45) is -1.01. The topological polar surface area (TPSA) is 43.4 Å². The molecule has 3 nitrogen and oxygen atoms in total. The van der Waals surface area contributed by atoms with E-state index in [4.69, 9.17) is 0 Å². The van der Waals surface area contributed by atoms with Crippen molar-refractivity contribution in [3.8, 4) is 0 Å². The number of hydrogen-bond acceptors (Lipinski definition) is 3. The van der Waals surface area contributed by atoms with Crippen LogP contribution in [0.15, 0.2) is 6.07 Å². The van der Waals surface area contributed by atoms with Crippen LogP contribution in [-0.2, 0) is 20.7 Å². The fraction of sp³-hybridized carbons (Fsp3) is 0.400. The van der Waals surface area contributed by atoms with Gasteiger partial charge in [0, 0.05) is 18.1 Å². The van der Waals surface area contributed by atoms with E-state index in [2.05, 4.69) is 4.18 Å². The summed E-state index contributed by atoms with van der Waals surface area (Å²) >= 11 is 0. The molecule has 1 atom stereocenters. The van der Waals surface area contributed by atoms with E-state index in [1.54, 1.807) is 0 Å². The Kier molecular flexibility index (Phi) is 4.33. The Hall–Kier alpha value is -1.15. The van der Waals surface area contributed by atoms with Crippen molar-refractivity contribution in [1.29, 1.82) is 0 Å². The van der Waals surface area contributed by atoms with Gasteiger partial charge in [-0.15, -0.1) is 0 Å². The van der Waals surface area contributed by atoms with Crippen molar-refractivity contribution in [2.45, 2.75) is 19.4 Å². The highest BCUT2D eigenvalue weighted by molar-refractivity contribution is 7.86. The van der Waals surface area contributed by atoms with Gasteiger partial charge in [0.1, 0.15) is 0 Å². The zero-order chi connectivity index (χ0) is 14.1. The van der Waals surface area contributed by atoms with Crippen molar-refractivity contribution < 1.29 is 30.2 Å². The second-order valence-electron chi connectivity index (χ2n) is 3.76. The van der Waals surface area contributed by atoms with E-state index < -0.39 is 51.5 Å². The van der Waals surface area contributed by atoms with Crippen LogP contribution >= 0.6 is 0 Å². The lowest BCUT2D eigenvalue weighted by Gasteiger charge is -2.12. The summed E-state index contributed by atoms with van der Waals surface area (Å²) in [6, 6.07) is 0.0796. The molecule has 0 radical (unpaired) electrons. The molecule has 0 spiro atoms. The molecule has 0 bridgehead atoms. The molecule has 0 aromatic heterocycles. The maximum absolute atomic E-state index is 13.2. The molecular formula is C10H10F4O3S. The predicted molar refractivity (Wildman–Crippen MR) is 55.4 cm³/mol. The van der Waals surface area contributed by atoms with E-state index in [1.165, 1.54) is 6.92 Å². The number of benzene rings is 1. The van der Waals surface area contributed by atoms with Crippen molar-refractivity contribution in [1.82, 2.24) is 0 Å². The lowest BCUT2D eigenvalue weighted by molar-refractivity contribution is 0.227. The Bertz CT molecular complexity index is 530. The van der Waals surface area contributed by atoms with E-state index in [0.717, 1.165) is 6.26 Å². The minimum absolute atomic E-state index is 0.0796. The van der Waals surface area contributed by atoms with Gasteiger partial charge in [0.25, 0.3) is 10.1 Å². The molecule has 1 rings (SSSR count). The van der Waals surface area contributed by atoms with Gasteiger partial charge >= 0.3 is 0 Å². The maximum Gasteiger partial charge on any atom is 0.264 e. The van der Waals surface area contributed by atoms with Crippen LogP contribution < -0.4 is 0 Å². The van der Waals surface area contributed by atoms with E-state index in [1.807, 2.05) is 0 Å². The molecule has 0 saturated carbocycles. The van der Waals surface area contributed by atoms with Gasteiger partial charge in [-0.25, -0.2) is 17.6 Å². The zero-order valence-electron chi connectivity index (χ0n) is 9.51. The van der Waals surface area contributed by atoms with Crippen LogP contribution in [0.5, 0.6) is 0 Å². The first-order valence-corrected chi connectivity index (χ1v) is 6.63. The normalized spacial score (nSPS) is 13.7. The Labute approximate surface area is 102 Å². The first-order chi connectivity index (χ1) is 8.11. The van der Waals surface area contributed by atoms with Gasteiger partial charge in [0.2, 0.25) is 0 Å². The average molecular weight is 286 g/mol. The average Bonchev–Trinajstić information content (AvgIpc) is 2.19. The fourth-order valence-corrected chi connectivity index (χ4v) is 2.09. The summed E-state index contributed by atoms with van der Waals surface area (Å²) in [7, 11) is -3.82. The van der Waals surface area contributed by atoms with Crippen LogP contribution in [0.25, 0.3) is 0 Å². The molecular weight excluding hydrogens is 276 g/mol. The second-order valence-corrected chi connectivity index (χ2v) is 5.36. The first-order valence-electron chi connectivity index (χ1n) is 4.82. The van der Waals surface area contributed by atoms with E-state index in [0.29, 0.717) is 0 Å². The minimum atomic E-state index is -3.82. The van der Waals surface area contributed by atoms with Crippen molar-refractivity contribution in [3.05, 3.63) is 34.9 Å². The molecule has 0 amide bonds. The molecule has 1 aromatic rings. The molecule has 0 fully saturated rings. The number of hydrogen-bond donors (Lipinski definition) is 0. The highest BCUT2D eigenvalue weighted by atomic mass is 32.2. The highest BCUT2D eigenvalue weighted by Gasteiger charge is 2.22. The molecule has 0 saturated heterocycles. The number of halogens is 4. The van der Waals surface area contributed by atoms with Gasteiger partial charge in [0.05, 0.1) is 12.4 Å². The number of rotatable bonds is 4. The van der Waals surface area contributed by atoms with Gasteiger partial charge < -0.3 is 0 Å². The Morgan fingerprint density at radius 3 is 2.00 bits per heavy atom. The molecule has 102 valence electrons. The Morgan fingerprint density at radius 1 is 1.17 bits per heavy atom. The van der Waals surface area contributed by atoms with Crippen molar-refractivity contribution in [2.75, 3.05) is 6.26 Å². The summed E-state index contributed by atoms with van der Waals surface area (Å²) in [5.41, 5.74) is -0.886. The lowest BCUT2D eigenvalue weighted by Crippen LogP contribution is -2.18. The lowest BCUT2D eigenvalue weighted by atomic mass is 10.1. The first kappa shape index (κ1) is 14.9. The van der Waals surface area contributed by atoms with Crippen LogP contribution in [-0.4, -0.2) is 20.8 Å². The summed E-state index contributed by atoms with van der Waals surface area (Å²) in [5.74, 6) is -6.21. The van der Waals surface area contributed by atoms with Crippen molar-refractivity contribution in [2.24, 2.45) is 0 Å². The minimum Gasteiger partial charge on any atom is -0.267 e. The van der Waals surface area contributed by atoms with Crippen LogP contribution in [0.4, 0.5) is 17.6 Å². The SMILES string of the molecule is C[C@H](Cc1c(F)c(F)cc(F)c1F)OS(C)(=O)=O. The van der Waals surface area contributed by atoms with Gasteiger partial charge in [-0.1, -0.05) is 0 Å². The van der Waals surface area contributed by atoms with Crippen LogP contribution in [0.3, 0.4) is 0 Å². The quantitative estimate of drug-likeness (QED) is 0.484. The second kappa shape index (κ2) is 5.23. The van der Waals surface area contributed by atoms with Gasteiger partial charge in [-0.2, -0.15) is 8.42 Å². The van der Waals surface area contributed by atoms with Gasteiger partial charge in [0.15, 0.2) is 23.3 Å². The summed E-state index contributed by atoms with van der Waals surface area (Å²) in [5, 5.41) is 0. The molecule has 0 unspecified atom stereocenters. The Morgan fingerprint density at radius 2 is 1.61 bits per heavy atom.